The smallest absolute Gasteiger partial charge is 0.123 e. The Bertz CT molecular complexity index is 542. The molecular weight excluding hydrogens is 275 g/mol. The number of hydrogen-bond donors (Lipinski definition) is 1. The minimum atomic E-state index is -0.214. The number of nitrogens with zero attached hydrogens (tertiary/aromatic N) is 1. The van der Waals surface area contributed by atoms with Crippen molar-refractivity contribution in [1.82, 2.24) is 4.90 Å². The predicted molar refractivity (Wildman–Crippen MR) is 82.7 cm³/mol. The molecule has 0 amide bonds. The molecule has 0 saturated carbocycles. The van der Waals surface area contributed by atoms with Gasteiger partial charge in [0.25, 0.3) is 0 Å². The fraction of sp³-hybridized carbons (Fsp3) is 0.250. The first kappa shape index (κ1) is 14.8. The third-order valence-corrected chi connectivity index (χ3v) is 3.24. The molecule has 2 rings (SSSR count). The highest BCUT2D eigenvalue weighted by atomic mass is 35.5. The van der Waals surface area contributed by atoms with Crippen molar-refractivity contribution >= 4 is 17.3 Å². The van der Waals surface area contributed by atoms with E-state index >= 15 is 0 Å². The lowest BCUT2D eigenvalue weighted by atomic mass is 10.2. The van der Waals surface area contributed by atoms with E-state index in [0.717, 1.165) is 30.3 Å². The van der Waals surface area contributed by atoms with Crippen molar-refractivity contribution < 1.29 is 4.39 Å². The zero-order valence-corrected chi connectivity index (χ0v) is 12.2. The maximum absolute atomic E-state index is 12.8. The van der Waals surface area contributed by atoms with Crippen LogP contribution in [0.15, 0.2) is 48.5 Å². The highest BCUT2D eigenvalue weighted by Gasteiger charge is 2.01. The molecule has 20 heavy (non-hydrogen) atoms. The van der Waals surface area contributed by atoms with Crippen LogP contribution in [-0.4, -0.2) is 25.0 Å². The van der Waals surface area contributed by atoms with Gasteiger partial charge in [-0.05, 0) is 49.0 Å². The first-order chi connectivity index (χ1) is 9.63. The van der Waals surface area contributed by atoms with Crippen LogP contribution >= 0.6 is 11.6 Å². The van der Waals surface area contributed by atoms with Crippen molar-refractivity contribution in [3.05, 3.63) is 64.9 Å². The van der Waals surface area contributed by atoms with Gasteiger partial charge in [-0.2, -0.15) is 0 Å². The molecule has 0 radical (unpaired) electrons. The molecule has 0 aliphatic carbocycles. The molecular formula is C16H18ClFN2. The Kier molecular flexibility index (Phi) is 5.39. The van der Waals surface area contributed by atoms with Crippen molar-refractivity contribution in [1.29, 1.82) is 0 Å². The second-order valence-electron chi connectivity index (χ2n) is 4.80. The first-order valence-corrected chi connectivity index (χ1v) is 6.94. The first-order valence-electron chi connectivity index (χ1n) is 6.56. The maximum atomic E-state index is 12.8. The fourth-order valence-corrected chi connectivity index (χ4v) is 2.20. The summed E-state index contributed by atoms with van der Waals surface area (Å²) in [5.41, 5.74) is 2.13. The van der Waals surface area contributed by atoms with Crippen LogP contribution < -0.4 is 5.32 Å². The van der Waals surface area contributed by atoms with Gasteiger partial charge in [-0.15, -0.1) is 0 Å². The van der Waals surface area contributed by atoms with Gasteiger partial charge in [0.15, 0.2) is 0 Å². The molecule has 0 aromatic heterocycles. The Labute approximate surface area is 124 Å². The van der Waals surface area contributed by atoms with Gasteiger partial charge < -0.3 is 10.2 Å². The number of halogens is 2. The molecule has 1 N–H and O–H groups in total. The van der Waals surface area contributed by atoms with E-state index in [1.807, 2.05) is 18.2 Å². The van der Waals surface area contributed by atoms with Crippen LogP contribution in [0.2, 0.25) is 5.02 Å². The van der Waals surface area contributed by atoms with Crippen molar-refractivity contribution in [2.75, 3.05) is 25.5 Å². The summed E-state index contributed by atoms with van der Waals surface area (Å²) in [6.45, 7) is 2.55. The average molecular weight is 293 g/mol. The number of likely N-dealkylation sites (N-methyl/N-ethyl adjacent to an activating group) is 1. The molecule has 0 fully saturated rings. The maximum Gasteiger partial charge on any atom is 0.123 e. The van der Waals surface area contributed by atoms with Crippen LogP contribution in [0.3, 0.4) is 0 Å². The molecule has 106 valence electrons. The molecule has 2 nitrogen and oxygen atoms in total. The van der Waals surface area contributed by atoms with Gasteiger partial charge in [0.05, 0.1) is 0 Å². The number of benzene rings is 2. The van der Waals surface area contributed by atoms with E-state index < -0.39 is 0 Å². The summed E-state index contributed by atoms with van der Waals surface area (Å²) in [6.07, 6.45) is 0. The van der Waals surface area contributed by atoms with Crippen LogP contribution in [0.25, 0.3) is 0 Å². The Morgan fingerprint density at radius 3 is 2.60 bits per heavy atom. The molecule has 0 bridgehead atoms. The summed E-state index contributed by atoms with van der Waals surface area (Å²) >= 11 is 5.96. The van der Waals surface area contributed by atoms with E-state index in [-0.39, 0.29) is 5.82 Å². The zero-order valence-electron chi connectivity index (χ0n) is 11.4. The van der Waals surface area contributed by atoms with Gasteiger partial charge in [0.1, 0.15) is 5.82 Å². The largest absolute Gasteiger partial charge is 0.384 e. The van der Waals surface area contributed by atoms with E-state index in [0.29, 0.717) is 0 Å². The van der Waals surface area contributed by atoms with Crippen molar-refractivity contribution in [2.24, 2.45) is 0 Å². The quantitative estimate of drug-likeness (QED) is 0.865. The van der Waals surface area contributed by atoms with E-state index in [4.69, 9.17) is 11.6 Å². The summed E-state index contributed by atoms with van der Waals surface area (Å²) < 4.78 is 12.8. The zero-order chi connectivity index (χ0) is 14.4. The molecule has 0 saturated heterocycles. The van der Waals surface area contributed by atoms with Crippen molar-refractivity contribution in [2.45, 2.75) is 6.54 Å². The van der Waals surface area contributed by atoms with E-state index in [1.165, 1.54) is 17.7 Å². The third kappa shape index (κ3) is 4.83. The summed E-state index contributed by atoms with van der Waals surface area (Å²) in [4.78, 5) is 2.21. The van der Waals surface area contributed by atoms with Gasteiger partial charge in [0, 0.05) is 30.3 Å². The topological polar surface area (TPSA) is 15.3 Å². The summed E-state index contributed by atoms with van der Waals surface area (Å²) in [6, 6.07) is 14.3. The minimum absolute atomic E-state index is 0.214. The number of nitrogens with one attached hydrogen (secondary N) is 1. The van der Waals surface area contributed by atoms with E-state index in [2.05, 4.69) is 23.3 Å². The van der Waals surface area contributed by atoms with Crippen LogP contribution in [0, 0.1) is 5.82 Å². The van der Waals surface area contributed by atoms with Crippen LogP contribution in [0.5, 0.6) is 0 Å². The third-order valence-electron chi connectivity index (χ3n) is 3.01. The van der Waals surface area contributed by atoms with Crippen molar-refractivity contribution in [3.8, 4) is 0 Å². The number of rotatable bonds is 6. The predicted octanol–water partition coefficient (Wildman–Crippen LogP) is 4.02. The molecule has 4 heteroatoms. The summed E-state index contributed by atoms with van der Waals surface area (Å²) in [5, 5.41) is 4.03. The highest BCUT2D eigenvalue weighted by molar-refractivity contribution is 6.30. The Morgan fingerprint density at radius 2 is 1.90 bits per heavy atom. The lowest BCUT2D eigenvalue weighted by Gasteiger charge is -2.17. The SMILES string of the molecule is CN(CCNc1ccc(F)cc1)Cc1cccc(Cl)c1. The van der Waals surface area contributed by atoms with Gasteiger partial charge in [-0.1, -0.05) is 23.7 Å². The van der Waals surface area contributed by atoms with Crippen molar-refractivity contribution in [3.63, 3.8) is 0 Å². The lowest BCUT2D eigenvalue weighted by molar-refractivity contribution is 0.340. The van der Waals surface area contributed by atoms with E-state index in [9.17, 15) is 4.39 Å². The molecule has 0 heterocycles. The van der Waals surface area contributed by atoms with Gasteiger partial charge >= 0.3 is 0 Å². The number of hydrogen-bond acceptors (Lipinski definition) is 2. The molecule has 0 aliphatic heterocycles. The highest BCUT2D eigenvalue weighted by Crippen LogP contribution is 2.12. The second kappa shape index (κ2) is 7.27. The minimum Gasteiger partial charge on any atom is -0.384 e. The lowest BCUT2D eigenvalue weighted by Crippen LogP contribution is -2.24. The van der Waals surface area contributed by atoms with Gasteiger partial charge in [-0.25, -0.2) is 4.39 Å². The second-order valence-corrected chi connectivity index (χ2v) is 5.24. The van der Waals surface area contributed by atoms with Crippen LogP contribution in [0.1, 0.15) is 5.56 Å². The average Bonchev–Trinajstić information content (AvgIpc) is 2.41. The Hall–Kier alpha value is -1.58. The molecule has 2 aromatic rings. The fourth-order valence-electron chi connectivity index (χ4n) is 1.98. The van der Waals surface area contributed by atoms with Crippen LogP contribution in [0.4, 0.5) is 10.1 Å². The Morgan fingerprint density at radius 1 is 1.15 bits per heavy atom. The Balaban J connectivity index is 1.75. The number of anilines is 1. The summed E-state index contributed by atoms with van der Waals surface area (Å²) in [7, 11) is 2.06. The molecule has 2 aromatic carbocycles. The molecule has 0 atom stereocenters. The van der Waals surface area contributed by atoms with Crippen LogP contribution in [-0.2, 0) is 6.54 Å². The molecule has 0 unspecified atom stereocenters. The van der Waals surface area contributed by atoms with Gasteiger partial charge in [-0.3, -0.25) is 0 Å². The molecule has 0 spiro atoms. The van der Waals surface area contributed by atoms with E-state index in [1.54, 1.807) is 12.1 Å². The van der Waals surface area contributed by atoms with Gasteiger partial charge in [0.2, 0.25) is 0 Å². The summed E-state index contributed by atoms with van der Waals surface area (Å²) in [5.74, 6) is -0.214. The molecule has 0 aliphatic rings. The standard InChI is InChI=1S/C16H18ClFN2/c1-20(12-13-3-2-4-14(17)11-13)10-9-19-16-7-5-15(18)6-8-16/h2-8,11,19H,9-10,12H2,1H3. The normalized spacial score (nSPS) is 10.8. The monoisotopic (exact) mass is 292 g/mol.